The SMILES string of the molecule is CCCn1cc(/C=C2/SC(=S)N(c3ccc(OC)cc3)C2=O)c2ccccc21. The fourth-order valence-electron chi connectivity index (χ4n) is 3.38. The minimum atomic E-state index is -0.0903. The number of hydrogen-bond donors (Lipinski definition) is 0. The summed E-state index contributed by atoms with van der Waals surface area (Å²) in [5.41, 5.74) is 2.97. The van der Waals surface area contributed by atoms with E-state index in [4.69, 9.17) is 17.0 Å². The molecular formula is C22H20N2O2S2. The lowest BCUT2D eigenvalue weighted by atomic mass is 10.1. The van der Waals surface area contributed by atoms with Crippen molar-refractivity contribution in [3.63, 3.8) is 0 Å². The van der Waals surface area contributed by atoms with Crippen LogP contribution in [0.3, 0.4) is 0 Å². The molecule has 6 heteroatoms. The second-order valence-corrected chi connectivity index (χ2v) is 8.19. The van der Waals surface area contributed by atoms with Crippen LogP contribution in [0.15, 0.2) is 59.6 Å². The first kappa shape index (κ1) is 18.8. The van der Waals surface area contributed by atoms with Gasteiger partial charge in [-0.3, -0.25) is 9.69 Å². The highest BCUT2D eigenvalue weighted by Crippen LogP contribution is 2.37. The first-order valence-electron chi connectivity index (χ1n) is 9.12. The van der Waals surface area contributed by atoms with Crippen molar-refractivity contribution in [3.05, 3.63) is 65.2 Å². The molecule has 1 aliphatic heterocycles. The molecular weight excluding hydrogens is 388 g/mol. The smallest absolute Gasteiger partial charge is 0.270 e. The molecule has 2 aromatic carbocycles. The van der Waals surface area contributed by atoms with Crippen LogP contribution >= 0.6 is 24.0 Å². The fraction of sp³-hybridized carbons (Fsp3) is 0.182. The zero-order valence-electron chi connectivity index (χ0n) is 15.7. The number of rotatable bonds is 5. The number of benzene rings is 2. The van der Waals surface area contributed by atoms with Gasteiger partial charge in [-0.05, 0) is 42.8 Å². The first-order chi connectivity index (χ1) is 13.6. The molecule has 0 radical (unpaired) electrons. The average Bonchev–Trinajstić information content (AvgIpc) is 3.20. The molecule has 1 fully saturated rings. The van der Waals surface area contributed by atoms with Gasteiger partial charge in [0.2, 0.25) is 0 Å². The molecule has 3 aromatic rings. The van der Waals surface area contributed by atoms with E-state index < -0.39 is 0 Å². The highest BCUT2D eigenvalue weighted by Gasteiger charge is 2.33. The highest BCUT2D eigenvalue weighted by molar-refractivity contribution is 8.27. The molecule has 0 aliphatic carbocycles. The molecule has 1 saturated heterocycles. The van der Waals surface area contributed by atoms with Crippen LogP contribution < -0.4 is 9.64 Å². The Balaban J connectivity index is 1.70. The number of methoxy groups -OCH3 is 1. The zero-order valence-corrected chi connectivity index (χ0v) is 17.3. The van der Waals surface area contributed by atoms with E-state index in [0.29, 0.717) is 9.23 Å². The van der Waals surface area contributed by atoms with Crippen molar-refractivity contribution in [1.29, 1.82) is 0 Å². The Morgan fingerprint density at radius 2 is 1.89 bits per heavy atom. The maximum absolute atomic E-state index is 13.1. The Morgan fingerprint density at radius 1 is 1.14 bits per heavy atom. The summed E-state index contributed by atoms with van der Waals surface area (Å²) < 4.78 is 7.98. The molecule has 1 amide bonds. The Kier molecular flexibility index (Phi) is 5.24. The third-order valence-corrected chi connectivity index (χ3v) is 6.00. The second kappa shape index (κ2) is 7.81. The lowest BCUT2D eigenvalue weighted by Crippen LogP contribution is -2.27. The second-order valence-electron chi connectivity index (χ2n) is 6.51. The van der Waals surface area contributed by atoms with Crippen LogP contribution in [0.4, 0.5) is 5.69 Å². The third-order valence-electron chi connectivity index (χ3n) is 4.69. The summed E-state index contributed by atoms with van der Waals surface area (Å²) >= 11 is 6.83. The van der Waals surface area contributed by atoms with Crippen molar-refractivity contribution in [2.45, 2.75) is 19.9 Å². The minimum Gasteiger partial charge on any atom is -0.497 e. The number of carbonyl (C=O) groups is 1. The number of nitrogens with zero attached hydrogens (tertiary/aromatic N) is 2. The topological polar surface area (TPSA) is 34.5 Å². The van der Waals surface area contributed by atoms with Gasteiger partial charge in [0.1, 0.15) is 5.75 Å². The molecule has 4 rings (SSSR count). The largest absolute Gasteiger partial charge is 0.497 e. The molecule has 4 nitrogen and oxygen atoms in total. The molecule has 0 bridgehead atoms. The number of thioether (sulfide) groups is 1. The summed E-state index contributed by atoms with van der Waals surface area (Å²) in [6, 6.07) is 15.6. The van der Waals surface area contributed by atoms with E-state index in [0.717, 1.165) is 35.4 Å². The Hall–Kier alpha value is -2.57. The Labute approximate surface area is 173 Å². The lowest BCUT2D eigenvalue weighted by Gasteiger charge is -2.14. The number of amides is 1. The van der Waals surface area contributed by atoms with Gasteiger partial charge in [0, 0.05) is 29.2 Å². The van der Waals surface area contributed by atoms with Crippen molar-refractivity contribution in [2.75, 3.05) is 12.0 Å². The van der Waals surface area contributed by atoms with Crippen LogP contribution in [0.5, 0.6) is 5.75 Å². The van der Waals surface area contributed by atoms with Gasteiger partial charge in [0.25, 0.3) is 5.91 Å². The van der Waals surface area contributed by atoms with E-state index in [-0.39, 0.29) is 5.91 Å². The van der Waals surface area contributed by atoms with Gasteiger partial charge in [-0.1, -0.05) is 49.1 Å². The quantitative estimate of drug-likeness (QED) is 0.414. The minimum absolute atomic E-state index is 0.0903. The van der Waals surface area contributed by atoms with Crippen LogP contribution in [-0.2, 0) is 11.3 Å². The third kappa shape index (κ3) is 3.34. The predicted molar refractivity (Wildman–Crippen MR) is 121 cm³/mol. The number of anilines is 1. The number of aryl methyl sites for hydroxylation is 1. The maximum Gasteiger partial charge on any atom is 0.270 e. The van der Waals surface area contributed by atoms with E-state index in [1.807, 2.05) is 42.5 Å². The zero-order chi connectivity index (χ0) is 19.7. The van der Waals surface area contributed by atoms with E-state index >= 15 is 0 Å². The van der Waals surface area contributed by atoms with Crippen LogP contribution in [-0.4, -0.2) is 21.9 Å². The van der Waals surface area contributed by atoms with E-state index in [2.05, 4.69) is 29.8 Å². The fourth-order valence-corrected chi connectivity index (χ4v) is 4.67. The van der Waals surface area contributed by atoms with Gasteiger partial charge in [-0.2, -0.15) is 0 Å². The number of hydrogen-bond acceptors (Lipinski definition) is 4. The number of fused-ring (bicyclic) bond motifs is 1. The molecule has 28 heavy (non-hydrogen) atoms. The number of carbonyl (C=O) groups excluding carboxylic acids is 1. The summed E-state index contributed by atoms with van der Waals surface area (Å²) in [4.78, 5) is 15.3. The molecule has 0 spiro atoms. The summed E-state index contributed by atoms with van der Waals surface area (Å²) in [6.07, 6.45) is 5.13. The monoisotopic (exact) mass is 408 g/mol. The molecule has 0 unspecified atom stereocenters. The van der Waals surface area contributed by atoms with Gasteiger partial charge >= 0.3 is 0 Å². The van der Waals surface area contributed by atoms with Crippen molar-refractivity contribution >= 4 is 56.9 Å². The van der Waals surface area contributed by atoms with Crippen LogP contribution in [0.1, 0.15) is 18.9 Å². The lowest BCUT2D eigenvalue weighted by molar-refractivity contribution is -0.113. The molecule has 2 heterocycles. The van der Waals surface area contributed by atoms with Crippen molar-refractivity contribution in [1.82, 2.24) is 4.57 Å². The van der Waals surface area contributed by atoms with Crippen molar-refractivity contribution in [3.8, 4) is 5.75 Å². The van der Waals surface area contributed by atoms with Gasteiger partial charge in [0.15, 0.2) is 4.32 Å². The van der Waals surface area contributed by atoms with Crippen molar-refractivity contribution in [2.24, 2.45) is 0 Å². The van der Waals surface area contributed by atoms with Gasteiger partial charge in [-0.15, -0.1) is 0 Å². The van der Waals surface area contributed by atoms with E-state index in [1.165, 1.54) is 17.3 Å². The molecule has 1 aliphatic rings. The summed E-state index contributed by atoms with van der Waals surface area (Å²) in [5.74, 6) is 0.654. The van der Waals surface area contributed by atoms with Gasteiger partial charge < -0.3 is 9.30 Å². The van der Waals surface area contributed by atoms with E-state index in [1.54, 1.807) is 12.0 Å². The van der Waals surface area contributed by atoms with Crippen molar-refractivity contribution < 1.29 is 9.53 Å². The van der Waals surface area contributed by atoms with E-state index in [9.17, 15) is 4.79 Å². The van der Waals surface area contributed by atoms with Gasteiger partial charge in [-0.25, -0.2) is 0 Å². The van der Waals surface area contributed by atoms with Gasteiger partial charge in [0.05, 0.1) is 17.7 Å². The highest BCUT2D eigenvalue weighted by atomic mass is 32.2. The Morgan fingerprint density at radius 3 is 2.61 bits per heavy atom. The molecule has 0 saturated carbocycles. The Bertz CT molecular complexity index is 1080. The number of aromatic nitrogens is 1. The predicted octanol–water partition coefficient (Wildman–Crippen LogP) is 5.47. The molecule has 142 valence electrons. The van der Waals surface area contributed by atoms with Crippen LogP contribution in [0.2, 0.25) is 0 Å². The van der Waals surface area contributed by atoms with Crippen LogP contribution in [0.25, 0.3) is 17.0 Å². The molecule has 1 aromatic heterocycles. The number of para-hydroxylation sites is 1. The maximum atomic E-state index is 13.1. The summed E-state index contributed by atoms with van der Waals surface area (Å²) in [6.45, 7) is 3.11. The first-order valence-corrected chi connectivity index (χ1v) is 10.3. The number of thiocarbonyl (C=S) groups is 1. The standard InChI is InChI=1S/C22H20N2O2S2/c1-3-12-23-14-15(18-6-4-5-7-19(18)23)13-20-21(25)24(22(27)28-20)16-8-10-17(26-2)11-9-16/h4-11,13-14H,3,12H2,1-2H3/b20-13+. The molecule has 0 N–H and O–H groups in total. The summed E-state index contributed by atoms with van der Waals surface area (Å²) in [7, 11) is 1.62. The average molecular weight is 409 g/mol. The van der Waals surface area contributed by atoms with Crippen LogP contribution in [0, 0.1) is 0 Å². The molecule has 0 atom stereocenters. The summed E-state index contributed by atoms with van der Waals surface area (Å²) in [5, 5.41) is 1.14. The normalized spacial score (nSPS) is 15.8. The number of ether oxygens (including phenoxy) is 1.